The Bertz CT molecular complexity index is 1480. The third kappa shape index (κ3) is 6.17. The number of benzene rings is 2. The Morgan fingerprint density at radius 3 is 2.14 bits per heavy atom. The van der Waals surface area contributed by atoms with E-state index in [1.165, 1.54) is 5.57 Å². The molecule has 3 aromatic rings. The minimum atomic E-state index is -0.883. The lowest BCUT2D eigenvalue weighted by molar-refractivity contribution is 0.396. The summed E-state index contributed by atoms with van der Waals surface area (Å²) in [5.74, 6) is -2.50. The number of phenols is 4. The second kappa shape index (κ2) is 11.3. The van der Waals surface area contributed by atoms with Crippen LogP contribution in [0.3, 0.4) is 0 Å². The topological polar surface area (TPSA) is 131 Å². The van der Waals surface area contributed by atoms with Gasteiger partial charge < -0.3 is 29.9 Å². The SMILES string of the molecule is CC(C)=CCCC(C)=CCc1c(-c2oc3cc(O)cc(O)c3c(=O)c2O)cc(CC=C(C)C)c(O)c1O. The molecular formula is C30H34O7. The molecular weight excluding hydrogens is 472 g/mol. The third-order valence-electron chi connectivity index (χ3n) is 6.11. The number of phenolic OH excluding ortho intramolecular Hbond substituents is 4. The van der Waals surface area contributed by atoms with Gasteiger partial charge in [-0.15, -0.1) is 0 Å². The second-order valence-corrected chi connectivity index (χ2v) is 9.77. The van der Waals surface area contributed by atoms with Gasteiger partial charge in [-0.1, -0.05) is 34.9 Å². The highest BCUT2D eigenvalue weighted by Gasteiger charge is 2.24. The Balaban J connectivity index is 2.25. The summed E-state index contributed by atoms with van der Waals surface area (Å²) < 4.78 is 5.83. The molecule has 0 radical (unpaired) electrons. The average Bonchev–Trinajstić information content (AvgIpc) is 2.80. The summed E-state index contributed by atoms with van der Waals surface area (Å²) in [5.41, 5.74) is 3.15. The highest BCUT2D eigenvalue weighted by atomic mass is 16.4. The number of aromatic hydroxyl groups is 5. The van der Waals surface area contributed by atoms with Gasteiger partial charge in [0.1, 0.15) is 22.5 Å². The van der Waals surface area contributed by atoms with Crippen LogP contribution < -0.4 is 5.43 Å². The maximum Gasteiger partial charge on any atom is 0.238 e. The Hall–Kier alpha value is -4.13. The summed E-state index contributed by atoms with van der Waals surface area (Å²) in [5, 5.41) is 52.4. The minimum absolute atomic E-state index is 0.131. The number of allylic oxidation sites excluding steroid dienone is 6. The zero-order valence-electron chi connectivity index (χ0n) is 21.8. The van der Waals surface area contributed by atoms with Crippen molar-refractivity contribution in [3.05, 3.63) is 74.5 Å². The maximum atomic E-state index is 13.0. The molecule has 0 fully saturated rings. The molecule has 0 bridgehead atoms. The Kier molecular flexibility index (Phi) is 8.38. The van der Waals surface area contributed by atoms with Crippen molar-refractivity contribution in [3.63, 3.8) is 0 Å². The molecule has 196 valence electrons. The van der Waals surface area contributed by atoms with Crippen molar-refractivity contribution >= 4 is 11.0 Å². The standard InChI is InChI=1S/C30H34O7/c1-16(2)7-6-8-18(5)10-12-21-22(13-19(11-9-17(3)4)26(33)27(21)34)30-29(36)28(35)25-23(32)14-20(31)15-24(25)37-30/h7,9-10,13-15,31-34,36H,6,8,11-12H2,1-5H3. The van der Waals surface area contributed by atoms with Crippen molar-refractivity contribution in [1.29, 1.82) is 0 Å². The molecule has 1 heterocycles. The van der Waals surface area contributed by atoms with E-state index in [2.05, 4.69) is 6.08 Å². The average molecular weight is 507 g/mol. The van der Waals surface area contributed by atoms with E-state index in [-0.39, 0.29) is 51.5 Å². The lowest BCUT2D eigenvalue weighted by Crippen LogP contribution is -2.04. The highest BCUT2D eigenvalue weighted by molar-refractivity contribution is 5.89. The molecule has 0 aliphatic carbocycles. The van der Waals surface area contributed by atoms with E-state index in [0.29, 0.717) is 12.0 Å². The van der Waals surface area contributed by atoms with Crippen LogP contribution in [0.5, 0.6) is 28.7 Å². The van der Waals surface area contributed by atoms with E-state index in [4.69, 9.17) is 4.42 Å². The monoisotopic (exact) mass is 506 g/mol. The molecule has 5 N–H and O–H groups in total. The fourth-order valence-corrected chi connectivity index (χ4v) is 4.06. The summed E-state index contributed by atoms with van der Waals surface area (Å²) in [6.07, 6.45) is 8.09. The van der Waals surface area contributed by atoms with Gasteiger partial charge in [-0.05, 0) is 66.4 Å². The maximum absolute atomic E-state index is 13.0. The molecule has 0 spiro atoms. The van der Waals surface area contributed by atoms with E-state index < -0.39 is 16.9 Å². The molecule has 0 unspecified atom stereocenters. The van der Waals surface area contributed by atoms with Crippen molar-refractivity contribution in [3.8, 4) is 40.1 Å². The van der Waals surface area contributed by atoms with Crippen LogP contribution in [-0.4, -0.2) is 25.5 Å². The van der Waals surface area contributed by atoms with Gasteiger partial charge in [0.15, 0.2) is 17.3 Å². The largest absolute Gasteiger partial charge is 0.508 e. The van der Waals surface area contributed by atoms with E-state index in [9.17, 15) is 30.3 Å². The van der Waals surface area contributed by atoms with Crippen LogP contribution in [0.15, 0.2) is 62.4 Å². The molecule has 0 atom stereocenters. The van der Waals surface area contributed by atoms with Gasteiger partial charge in [0.25, 0.3) is 0 Å². The van der Waals surface area contributed by atoms with Crippen molar-refractivity contribution in [2.75, 3.05) is 0 Å². The molecule has 1 aromatic heterocycles. The van der Waals surface area contributed by atoms with Gasteiger partial charge >= 0.3 is 0 Å². The molecule has 7 heteroatoms. The number of hydrogen-bond acceptors (Lipinski definition) is 7. The predicted molar refractivity (Wildman–Crippen MR) is 146 cm³/mol. The van der Waals surface area contributed by atoms with Gasteiger partial charge in [0.2, 0.25) is 11.2 Å². The third-order valence-corrected chi connectivity index (χ3v) is 6.11. The van der Waals surface area contributed by atoms with Crippen LogP contribution in [-0.2, 0) is 12.8 Å². The summed E-state index contributed by atoms with van der Waals surface area (Å²) in [6.45, 7) is 9.85. The van der Waals surface area contributed by atoms with Crippen molar-refractivity contribution in [1.82, 2.24) is 0 Å². The van der Waals surface area contributed by atoms with E-state index in [1.54, 1.807) is 6.07 Å². The van der Waals surface area contributed by atoms with Crippen LogP contribution in [0.1, 0.15) is 58.6 Å². The summed E-state index contributed by atoms with van der Waals surface area (Å²) in [7, 11) is 0. The predicted octanol–water partition coefficient (Wildman–Crippen LogP) is 6.73. The number of fused-ring (bicyclic) bond motifs is 1. The molecule has 3 rings (SSSR count). The Morgan fingerprint density at radius 1 is 0.811 bits per heavy atom. The van der Waals surface area contributed by atoms with E-state index in [0.717, 1.165) is 36.1 Å². The second-order valence-electron chi connectivity index (χ2n) is 9.77. The molecule has 37 heavy (non-hydrogen) atoms. The molecule has 0 saturated carbocycles. The van der Waals surface area contributed by atoms with Crippen molar-refractivity contribution in [2.24, 2.45) is 0 Å². The quantitative estimate of drug-likeness (QED) is 0.169. The number of rotatable bonds is 8. The number of hydrogen-bond donors (Lipinski definition) is 5. The summed E-state index contributed by atoms with van der Waals surface area (Å²) >= 11 is 0. The minimum Gasteiger partial charge on any atom is -0.508 e. The van der Waals surface area contributed by atoms with Crippen LogP contribution >= 0.6 is 0 Å². The smallest absolute Gasteiger partial charge is 0.238 e. The highest BCUT2D eigenvalue weighted by Crippen LogP contribution is 2.44. The first-order valence-corrected chi connectivity index (χ1v) is 12.1. The molecule has 0 amide bonds. The normalized spacial score (nSPS) is 11.5. The van der Waals surface area contributed by atoms with Crippen molar-refractivity contribution in [2.45, 2.75) is 60.3 Å². The first-order valence-electron chi connectivity index (χ1n) is 12.1. The molecule has 7 nitrogen and oxygen atoms in total. The van der Waals surface area contributed by atoms with Crippen molar-refractivity contribution < 1.29 is 29.9 Å². The fraction of sp³-hybridized carbons (Fsp3) is 0.300. The van der Waals surface area contributed by atoms with Gasteiger partial charge in [0.05, 0.1) is 0 Å². The van der Waals surface area contributed by atoms with E-state index >= 15 is 0 Å². The Labute approximate surface area is 216 Å². The van der Waals surface area contributed by atoms with Gasteiger partial charge in [-0.3, -0.25) is 4.79 Å². The molecule has 0 aliphatic heterocycles. The van der Waals surface area contributed by atoms with Crippen LogP contribution in [0, 0.1) is 0 Å². The van der Waals surface area contributed by atoms with Gasteiger partial charge in [0, 0.05) is 28.8 Å². The molecule has 0 aliphatic rings. The fourth-order valence-electron chi connectivity index (χ4n) is 4.06. The first kappa shape index (κ1) is 27.5. The summed E-state index contributed by atoms with van der Waals surface area (Å²) in [6, 6.07) is 3.72. The van der Waals surface area contributed by atoms with Crippen LogP contribution in [0.4, 0.5) is 0 Å². The summed E-state index contributed by atoms with van der Waals surface area (Å²) in [4.78, 5) is 13.0. The lowest BCUT2D eigenvalue weighted by atomic mass is 9.93. The zero-order valence-corrected chi connectivity index (χ0v) is 21.8. The first-order chi connectivity index (χ1) is 17.4. The van der Waals surface area contributed by atoms with Gasteiger partial charge in [-0.2, -0.15) is 0 Å². The lowest BCUT2D eigenvalue weighted by Gasteiger charge is -2.16. The van der Waals surface area contributed by atoms with Crippen LogP contribution in [0.25, 0.3) is 22.3 Å². The molecule has 2 aromatic carbocycles. The zero-order chi connectivity index (χ0) is 27.4. The molecule has 0 saturated heterocycles. The van der Waals surface area contributed by atoms with E-state index in [1.807, 2.05) is 46.8 Å². The Morgan fingerprint density at radius 2 is 1.49 bits per heavy atom. The van der Waals surface area contributed by atoms with Crippen LogP contribution in [0.2, 0.25) is 0 Å². The van der Waals surface area contributed by atoms with Gasteiger partial charge in [-0.25, -0.2) is 0 Å².